The second-order valence-electron chi connectivity index (χ2n) is 3.82. The summed E-state index contributed by atoms with van der Waals surface area (Å²) in [5, 5.41) is 2.74. The highest BCUT2D eigenvalue weighted by molar-refractivity contribution is 5.95. The fraction of sp³-hybridized carbons (Fsp3) is 0.357. The first-order valence-corrected chi connectivity index (χ1v) is 5.91. The minimum atomic E-state index is -0.269. The van der Waals surface area contributed by atoms with Gasteiger partial charge in [0.2, 0.25) is 0 Å². The van der Waals surface area contributed by atoms with Crippen LogP contribution in [-0.2, 0) is 0 Å². The maximum absolute atomic E-state index is 12.0. The van der Waals surface area contributed by atoms with Gasteiger partial charge >= 0.3 is 0 Å². The van der Waals surface area contributed by atoms with Crippen LogP contribution in [0.5, 0.6) is 5.75 Å². The molecular weight excluding hydrogens is 228 g/mol. The van der Waals surface area contributed by atoms with E-state index in [1.165, 1.54) is 0 Å². The minimum absolute atomic E-state index is 0.243. The molecule has 1 aromatic rings. The Morgan fingerprint density at radius 1 is 1.50 bits per heavy atom. The van der Waals surface area contributed by atoms with Crippen LogP contribution in [0.1, 0.15) is 30.6 Å². The van der Waals surface area contributed by atoms with E-state index in [0.29, 0.717) is 30.0 Å². The second-order valence-corrected chi connectivity index (χ2v) is 3.82. The topological polar surface area (TPSA) is 64.4 Å². The lowest BCUT2D eigenvalue weighted by Crippen LogP contribution is -2.33. The first-order chi connectivity index (χ1) is 8.60. The summed E-state index contributed by atoms with van der Waals surface area (Å²) >= 11 is 0. The summed E-state index contributed by atoms with van der Waals surface area (Å²) < 4.78 is 5.33. The van der Waals surface area contributed by atoms with E-state index in [-0.39, 0.29) is 11.9 Å². The van der Waals surface area contributed by atoms with Crippen LogP contribution in [0, 0.1) is 12.3 Å². The van der Waals surface area contributed by atoms with Gasteiger partial charge in [0.15, 0.2) is 0 Å². The van der Waals surface area contributed by atoms with Crippen LogP contribution in [0.4, 0.5) is 5.69 Å². The predicted octanol–water partition coefficient (Wildman–Crippen LogP) is 1.81. The fourth-order valence-electron chi connectivity index (χ4n) is 1.51. The fourth-order valence-corrected chi connectivity index (χ4v) is 1.51. The molecule has 1 amide bonds. The maximum Gasteiger partial charge on any atom is 0.252 e. The molecule has 1 rings (SSSR count). The van der Waals surface area contributed by atoms with Gasteiger partial charge in [-0.2, -0.15) is 0 Å². The summed E-state index contributed by atoms with van der Waals surface area (Å²) in [6.07, 6.45) is 5.99. The van der Waals surface area contributed by atoms with Gasteiger partial charge in [0.1, 0.15) is 5.75 Å². The quantitative estimate of drug-likeness (QED) is 0.615. The second kappa shape index (κ2) is 6.55. The molecule has 0 aliphatic carbocycles. The summed E-state index contributed by atoms with van der Waals surface area (Å²) in [6.45, 7) is 4.30. The molecule has 0 saturated heterocycles. The zero-order chi connectivity index (χ0) is 13.5. The van der Waals surface area contributed by atoms with Crippen LogP contribution >= 0.6 is 0 Å². The lowest BCUT2D eigenvalue weighted by atomic mass is 10.1. The van der Waals surface area contributed by atoms with E-state index in [1.54, 1.807) is 18.2 Å². The summed E-state index contributed by atoms with van der Waals surface area (Å²) in [5.74, 6) is 2.85. The van der Waals surface area contributed by atoms with Crippen molar-refractivity contribution in [1.82, 2.24) is 5.32 Å². The highest BCUT2D eigenvalue weighted by Gasteiger charge is 2.11. The van der Waals surface area contributed by atoms with Crippen LogP contribution in [0.15, 0.2) is 18.2 Å². The van der Waals surface area contributed by atoms with Gasteiger partial charge in [0, 0.05) is 17.3 Å². The number of rotatable bonds is 5. The van der Waals surface area contributed by atoms with Gasteiger partial charge in [-0.1, -0.05) is 12.8 Å². The van der Waals surface area contributed by atoms with Gasteiger partial charge in [0.25, 0.3) is 5.91 Å². The van der Waals surface area contributed by atoms with Crippen molar-refractivity contribution in [2.75, 3.05) is 12.3 Å². The highest BCUT2D eigenvalue weighted by Crippen LogP contribution is 2.19. The Kier molecular flexibility index (Phi) is 5.06. The molecule has 0 bridgehead atoms. The zero-order valence-corrected chi connectivity index (χ0v) is 10.7. The molecule has 1 aromatic carbocycles. The third-order valence-electron chi connectivity index (χ3n) is 2.42. The van der Waals surface area contributed by atoms with Crippen LogP contribution in [0.2, 0.25) is 0 Å². The smallest absolute Gasteiger partial charge is 0.252 e. The summed E-state index contributed by atoms with van der Waals surface area (Å²) in [4.78, 5) is 12.0. The maximum atomic E-state index is 12.0. The number of hydrogen-bond acceptors (Lipinski definition) is 3. The molecule has 96 valence electrons. The average molecular weight is 246 g/mol. The SMILES string of the molecule is C#CC(CC)NC(=O)c1cc(N)cc(OCC)c1. The first-order valence-electron chi connectivity index (χ1n) is 5.91. The average Bonchev–Trinajstić information content (AvgIpc) is 2.35. The van der Waals surface area contributed by atoms with Crippen LogP contribution in [0.3, 0.4) is 0 Å². The Morgan fingerprint density at radius 3 is 2.78 bits per heavy atom. The Morgan fingerprint density at radius 2 is 2.22 bits per heavy atom. The van der Waals surface area contributed by atoms with Crippen LogP contribution in [-0.4, -0.2) is 18.6 Å². The molecule has 0 fully saturated rings. The number of amides is 1. The molecule has 0 radical (unpaired) electrons. The molecule has 4 nitrogen and oxygen atoms in total. The van der Waals surface area contributed by atoms with Crippen LogP contribution in [0.25, 0.3) is 0 Å². The van der Waals surface area contributed by atoms with Crippen molar-refractivity contribution < 1.29 is 9.53 Å². The molecule has 4 heteroatoms. The lowest BCUT2D eigenvalue weighted by Gasteiger charge is -2.12. The minimum Gasteiger partial charge on any atom is -0.494 e. The van der Waals surface area contributed by atoms with Gasteiger partial charge in [-0.25, -0.2) is 0 Å². The van der Waals surface area contributed by atoms with E-state index in [1.807, 2.05) is 13.8 Å². The van der Waals surface area contributed by atoms with E-state index in [0.717, 1.165) is 0 Å². The third-order valence-corrected chi connectivity index (χ3v) is 2.42. The Balaban J connectivity index is 2.88. The van der Waals surface area contributed by atoms with E-state index in [9.17, 15) is 4.79 Å². The molecule has 0 aliphatic rings. The molecule has 1 unspecified atom stereocenters. The van der Waals surface area contributed by atoms with E-state index < -0.39 is 0 Å². The molecule has 0 heterocycles. The van der Waals surface area contributed by atoms with E-state index in [4.69, 9.17) is 16.9 Å². The van der Waals surface area contributed by atoms with Crippen molar-refractivity contribution in [3.63, 3.8) is 0 Å². The molecule has 0 spiro atoms. The third kappa shape index (κ3) is 3.70. The number of carbonyl (C=O) groups is 1. The highest BCUT2D eigenvalue weighted by atomic mass is 16.5. The van der Waals surface area contributed by atoms with Gasteiger partial charge in [0.05, 0.1) is 12.6 Å². The monoisotopic (exact) mass is 246 g/mol. The standard InChI is InChI=1S/C14H18N2O2/c1-4-12(5-2)16-14(17)10-7-11(15)9-13(8-10)18-6-3/h1,7-9,12H,5-6,15H2,2-3H3,(H,16,17). The van der Waals surface area contributed by atoms with Crippen molar-refractivity contribution in [2.24, 2.45) is 0 Å². The zero-order valence-electron chi connectivity index (χ0n) is 10.7. The van der Waals surface area contributed by atoms with Gasteiger partial charge in [-0.05, 0) is 25.5 Å². The number of nitrogen functional groups attached to an aromatic ring is 1. The molecule has 3 N–H and O–H groups in total. The number of hydrogen-bond donors (Lipinski definition) is 2. The summed E-state index contributed by atoms with van der Waals surface area (Å²) in [6, 6.07) is 4.66. The largest absolute Gasteiger partial charge is 0.494 e. The number of nitrogens with one attached hydrogen (secondary N) is 1. The Labute approximate surface area is 108 Å². The number of terminal acetylenes is 1. The molecular formula is C14H18N2O2. The molecule has 1 atom stereocenters. The Hall–Kier alpha value is -2.15. The normalized spacial score (nSPS) is 11.4. The number of nitrogens with two attached hydrogens (primary N) is 1. The predicted molar refractivity (Wildman–Crippen MR) is 72.4 cm³/mol. The van der Waals surface area contributed by atoms with Crippen LogP contribution < -0.4 is 15.8 Å². The van der Waals surface area contributed by atoms with Gasteiger partial charge in [-0.15, -0.1) is 6.42 Å². The van der Waals surface area contributed by atoms with Crippen molar-refractivity contribution in [1.29, 1.82) is 0 Å². The van der Waals surface area contributed by atoms with E-state index in [2.05, 4.69) is 11.2 Å². The van der Waals surface area contributed by atoms with Crippen molar-refractivity contribution in [2.45, 2.75) is 26.3 Å². The van der Waals surface area contributed by atoms with Crippen molar-refractivity contribution >= 4 is 11.6 Å². The number of anilines is 1. The molecule has 18 heavy (non-hydrogen) atoms. The summed E-state index contributed by atoms with van der Waals surface area (Å²) in [5.41, 5.74) is 6.66. The van der Waals surface area contributed by atoms with E-state index >= 15 is 0 Å². The lowest BCUT2D eigenvalue weighted by molar-refractivity contribution is 0.0944. The summed E-state index contributed by atoms with van der Waals surface area (Å²) in [7, 11) is 0. The molecule has 0 saturated carbocycles. The van der Waals surface area contributed by atoms with Crippen molar-refractivity contribution in [3.8, 4) is 18.1 Å². The van der Waals surface area contributed by atoms with Crippen molar-refractivity contribution in [3.05, 3.63) is 23.8 Å². The first kappa shape index (κ1) is 13.9. The number of carbonyl (C=O) groups excluding carboxylic acids is 1. The van der Waals surface area contributed by atoms with Gasteiger partial charge < -0.3 is 15.8 Å². The molecule has 0 aromatic heterocycles. The van der Waals surface area contributed by atoms with Gasteiger partial charge in [-0.3, -0.25) is 4.79 Å². The number of ether oxygens (including phenoxy) is 1. The Bertz CT molecular complexity index is 463. The molecule has 0 aliphatic heterocycles. The number of benzene rings is 1.